The van der Waals surface area contributed by atoms with Crippen molar-refractivity contribution in [3.05, 3.63) is 64.4 Å². The molecule has 0 atom stereocenters. The van der Waals surface area contributed by atoms with Crippen molar-refractivity contribution in [2.75, 3.05) is 13.1 Å². The first kappa shape index (κ1) is 21.0. The van der Waals surface area contributed by atoms with E-state index >= 15 is 0 Å². The first-order chi connectivity index (χ1) is 15.5. The predicted octanol–water partition coefficient (Wildman–Crippen LogP) is 5.91. The number of para-hydroxylation sites is 1. The van der Waals surface area contributed by atoms with Gasteiger partial charge in [-0.15, -0.1) is 0 Å². The fourth-order valence-corrected chi connectivity index (χ4v) is 5.24. The molecule has 0 spiro atoms. The zero-order valence-corrected chi connectivity index (χ0v) is 19.4. The van der Waals surface area contributed by atoms with Crippen LogP contribution in [0.2, 0.25) is 5.02 Å². The first-order valence-corrected chi connectivity index (χ1v) is 11.7. The van der Waals surface area contributed by atoms with Crippen molar-refractivity contribution in [2.24, 2.45) is 0 Å². The van der Waals surface area contributed by atoms with E-state index in [4.69, 9.17) is 20.9 Å². The fraction of sp³-hybridized carbons (Fsp3) is 0.292. The maximum atomic E-state index is 13.3. The van der Waals surface area contributed by atoms with E-state index in [1.807, 2.05) is 29.2 Å². The number of amides is 1. The molecule has 0 aliphatic carbocycles. The molecule has 1 saturated heterocycles. The molecule has 0 bridgehead atoms. The van der Waals surface area contributed by atoms with Gasteiger partial charge in [-0.05, 0) is 31.5 Å². The smallest absolute Gasteiger partial charge is 0.274 e. The molecule has 8 heteroatoms. The van der Waals surface area contributed by atoms with Gasteiger partial charge in [-0.2, -0.15) is 0 Å². The molecule has 5 rings (SSSR count). The summed E-state index contributed by atoms with van der Waals surface area (Å²) in [5.74, 6) is 0.404. The van der Waals surface area contributed by atoms with E-state index in [-0.39, 0.29) is 12.0 Å². The Morgan fingerprint density at radius 3 is 2.69 bits per heavy atom. The Hall–Kier alpha value is -2.90. The van der Waals surface area contributed by atoms with Crippen LogP contribution in [0.5, 0.6) is 5.19 Å². The molecule has 1 aliphatic rings. The van der Waals surface area contributed by atoms with Crippen molar-refractivity contribution in [3.63, 3.8) is 0 Å². The average Bonchev–Trinajstić information content (AvgIpc) is 3.38. The summed E-state index contributed by atoms with van der Waals surface area (Å²) in [5.41, 5.74) is 3.79. The lowest BCUT2D eigenvalue weighted by molar-refractivity contribution is 0.0594. The van der Waals surface area contributed by atoms with Gasteiger partial charge in [-0.3, -0.25) is 4.79 Å². The van der Waals surface area contributed by atoms with Crippen LogP contribution in [0, 0.1) is 13.8 Å². The Kier molecular flexibility index (Phi) is 5.61. The van der Waals surface area contributed by atoms with E-state index in [1.165, 1.54) is 0 Å². The van der Waals surface area contributed by atoms with Gasteiger partial charge in [0.25, 0.3) is 11.1 Å². The molecule has 2 aromatic carbocycles. The highest BCUT2D eigenvalue weighted by Crippen LogP contribution is 2.34. The summed E-state index contributed by atoms with van der Waals surface area (Å²) >= 11 is 7.90. The SMILES string of the molecule is Cc1onc(-c2ccccc2Cl)c1C(=O)N1CCC(Oc2nc3c(C)cccc3s2)CC1. The highest BCUT2D eigenvalue weighted by molar-refractivity contribution is 7.20. The number of fused-ring (bicyclic) bond motifs is 1. The number of carbonyl (C=O) groups is 1. The summed E-state index contributed by atoms with van der Waals surface area (Å²) in [5, 5.41) is 5.35. The number of thiazole rings is 1. The van der Waals surface area contributed by atoms with Gasteiger partial charge >= 0.3 is 0 Å². The van der Waals surface area contributed by atoms with Crippen molar-refractivity contribution < 1.29 is 14.1 Å². The maximum absolute atomic E-state index is 13.3. The van der Waals surface area contributed by atoms with Crippen molar-refractivity contribution in [2.45, 2.75) is 32.8 Å². The number of likely N-dealkylation sites (tertiary alicyclic amines) is 1. The molecule has 1 amide bonds. The number of benzene rings is 2. The summed E-state index contributed by atoms with van der Waals surface area (Å²) < 4.78 is 12.7. The molecule has 0 unspecified atom stereocenters. The van der Waals surface area contributed by atoms with Crippen LogP contribution in [-0.4, -0.2) is 40.1 Å². The van der Waals surface area contributed by atoms with E-state index in [0.717, 1.165) is 28.6 Å². The Labute approximate surface area is 194 Å². The van der Waals surface area contributed by atoms with Crippen LogP contribution in [0.25, 0.3) is 21.5 Å². The van der Waals surface area contributed by atoms with Crippen LogP contribution in [-0.2, 0) is 0 Å². The molecular formula is C24H22ClN3O3S. The third-order valence-corrected chi connectivity index (χ3v) is 7.04. The predicted molar refractivity (Wildman–Crippen MR) is 126 cm³/mol. The number of halogens is 1. The average molecular weight is 468 g/mol. The molecule has 1 fully saturated rings. The second-order valence-electron chi connectivity index (χ2n) is 7.95. The van der Waals surface area contributed by atoms with Crippen LogP contribution in [0.3, 0.4) is 0 Å². The van der Waals surface area contributed by atoms with Gasteiger partial charge in [0.1, 0.15) is 23.1 Å². The van der Waals surface area contributed by atoms with Gasteiger partial charge in [0.05, 0.1) is 15.2 Å². The van der Waals surface area contributed by atoms with Crippen LogP contribution >= 0.6 is 22.9 Å². The van der Waals surface area contributed by atoms with E-state index in [0.29, 0.717) is 45.9 Å². The quantitative estimate of drug-likeness (QED) is 0.373. The van der Waals surface area contributed by atoms with E-state index in [9.17, 15) is 4.79 Å². The molecule has 164 valence electrons. The standard InChI is InChI=1S/C24H22ClN3O3S/c1-14-6-5-9-19-21(14)26-24(32-19)30-16-10-12-28(13-11-16)23(29)20-15(2)31-27-22(20)17-7-3-4-8-18(17)25/h3-9,16H,10-13H2,1-2H3. The molecular weight excluding hydrogens is 446 g/mol. The number of rotatable bonds is 4. The fourth-order valence-electron chi connectivity index (χ4n) is 4.05. The number of hydrogen-bond donors (Lipinski definition) is 0. The molecule has 1 aliphatic heterocycles. The zero-order valence-electron chi connectivity index (χ0n) is 17.8. The van der Waals surface area contributed by atoms with Gasteiger partial charge in [-0.1, -0.05) is 58.4 Å². The van der Waals surface area contributed by atoms with Gasteiger partial charge < -0.3 is 14.2 Å². The van der Waals surface area contributed by atoms with Gasteiger partial charge in [0.15, 0.2) is 0 Å². The molecule has 6 nitrogen and oxygen atoms in total. The van der Waals surface area contributed by atoms with Crippen molar-refractivity contribution >= 4 is 39.1 Å². The number of hydrogen-bond acceptors (Lipinski definition) is 6. The van der Waals surface area contributed by atoms with Crippen LogP contribution in [0.1, 0.15) is 34.5 Å². The summed E-state index contributed by atoms with van der Waals surface area (Å²) in [7, 11) is 0. The number of ether oxygens (including phenoxy) is 1. The van der Waals surface area contributed by atoms with Gasteiger partial charge in [0, 0.05) is 31.5 Å². The largest absolute Gasteiger partial charge is 0.467 e. The van der Waals surface area contributed by atoms with Crippen molar-refractivity contribution in [1.29, 1.82) is 0 Å². The molecule has 0 N–H and O–H groups in total. The third kappa shape index (κ3) is 3.87. The van der Waals surface area contributed by atoms with Crippen molar-refractivity contribution in [1.82, 2.24) is 15.0 Å². The van der Waals surface area contributed by atoms with Gasteiger partial charge in [-0.25, -0.2) is 4.98 Å². The number of nitrogens with zero attached hydrogens (tertiary/aromatic N) is 3. The highest BCUT2D eigenvalue weighted by atomic mass is 35.5. The molecule has 2 aromatic heterocycles. The van der Waals surface area contributed by atoms with Crippen LogP contribution < -0.4 is 4.74 Å². The second-order valence-corrected chi connectivity index (χ2v) is 9.35. The van der Waals surface area contributed by atoms with Crippen molar-refractivity contribution in [3.8, 4) is 16.5 Å². The van der Waals surface area contributed by atoms with E-state index in [1.54, 1.807) is 24.3 Å². The lowest BCUT2D eigenvalue weighted by atomic mass is 10.0. The number of aryl methyl sites for hydroxylation is 2. The summed E-state index contributed by atoms with van der Waals surface area (Å²) in [6.45, 7) is 5.01. The molecule has 4 aromatic rings. The lowest BCUT2D eigenvalue weighted by Crippen LogP contribution is -2.42. The molecule has 3 heterocycles. The minimum Gasteiger partial charge on any atom is -0.467 e. The summed E-state index contributed by atoms with van der Waals surface area (Å²) in [4.78, 5) is 19.8. The molecule has 32 heavy (non-hydrogen) atoms. The monoisotopic (exact) mass is 467 g/mol. The van der Waals surface area contributed by atoms with Crippen LogP contribution in [0.4, 0.5) is 0 Å². The normalized spacial score (nSPS) is 14.8. The van der Waals surface area contributed by atoms with Gasteiger partial charge in [0.2, 0.25) is 0 Å². The Morgan fingerprint density at radius 1 is 1.16 bits per heavy atom. The van der Waals surface area contributed by atoms with Crippen LogP contribution in [0.15, 0.2) is 47.0 Å². The number of aromatic nitrogens is 2. The Bertz CT molecular complexity index is 1290. The number of piperidine rings is 1. The maximum Gasteiger partial charge on any atom is 0.274 e. The lowest BCUT2D eigenvalue weighted by Gasteiger charge is -2.31. The number of carbonyl (C=O) groups excluding carboxylic acids is 1. The molecule has 0 saturated carbocycles. The Morgan fingerprint density at radius 2 is 1.94 bits per heavy atom. The third-order valence-electron chi connectivity index (χ3n) is 5.80. The summed E-state index contributed by atoms with van der Waals surface area (Å²) in [6, 6.07) is 13.5. The topological polar surface area (TPSA) is 68.5 Å². The van der Waals surface area contributed by atoms with E-state index in [2.05, 4.69) is 29.2 Å². The summed E-state index contributed by atoms with van der Waals surface area (Å²) in [6.07, 6.45) is 1.52. The minimum atomic E-state index is -0.0901. The highest BCUT2D eigenvalue weighted by Gasteiger charge is 2.30. The van der Waals surface area contributed by atoms with E-state index < -0.39 is 0 Å². The molecule has 0 radical (unpaired) electrons. The zero-order chi connectivity index (χ0) is 22.2. The Balaban J connectivity index is 1.29. The second kappa shape index (κ2) is 8.56. The first-order valence-electron chi connectivity index (χ1n) is 10.5. The minimum absolute atomic E-state index is 0.0338.